The van der Waals surface area contributed by atoms with Gasteiger partial charge in [0.15, 0.2) is 0 Å². The molecular formula is C17H15O3. The normalized spacial score (nSPS) is 14.4. The first kappa shape index (κ1) is 12.9. The SMILES string of the molecule is CCC(OO[C]=O)C1c2ccccc2-c2ccccc21. The molecule has 3 heteroatoms. The summed E-state index contributed by atoms with van der Waals surface area (Å²) in [5.74, 6) is 0.0840. The van der Waals surface area contributed by atoms with E-state index in [1.54, 1.807) is 0 Å². The summed E-state index contributed by atoms with van der Waals surface area (Å²) in [6.45, 7) is 3.35. The molecule has 1 aliphatic carbocycles. The van der Waals surface area contributed by atoms with E-state index in [2.05, 4.69) is 29.2 Å². The average Bonchev–Trinajstić information content (AvgIpc) is 2.84. The summed E-state index contributed by atoms with van der Waals surface area (Å²) < 4.78 is 0. The third-order valence-corrected chi connectivity index (χ3v) is 3.86. The summed E-state index contributed by atoms with van der Waals surface area (Å²) in [6, 6.07) is 16.6. The van der Waals surface area contributed by atoms with Gasteiger partial charge in [-0.25, -0.2) is 4.79 Å². The van der Waals surface area contributed by atoms with Crippen LogP contribution < -0.4 is 0 Å². The van der Waals surface area contributed by atoms with Crippen molar-refractivity contribution in [2.24, 2.45) is 0 Å². The van der Waals surface area contributed by atoms with Gasteiger partial charge in [0.05, 0.1) is 0 Å². The smallest absolute Gasteiger partial charge is 0.285 e. The van der Waals surface area contributed by atoms with Gasteiger partial charge in [0.1, 0.15) is 6.10 Å². The molecule has 0 saturated heterocycles. The molecule has 0 saturated carbocycles. The molecule has 0 aromatic heterocycles. The third-order valence-electron chi connectivity index (χ3n) is 3.86. The highest BCUT2D eigenvalue weighted by Crippen LogP contribution is 2.47. The van der Waals surface area contributed by atoms with E-state index in [9.17, 15) is 4.79 Å². The molecule has 20 heavy (non-hydrogen) atoms. The monoisotopic (exact) mass is 267 g/mol. The van der Waals surface area contributed by atoms with Crippen molar-refractivity contribution in [1.82, 2.24) is 0 Å². The topological polar surface area (TPSA) is 35.5 Å². The Morgan fingerprint density at radius 3 is 2.10 bits per heavy atom. The minimum absolute atomic E-state index is 0.0840. The average molecular weight is 267 g/mol. The van der Waals surface area contributed by atoms with Gasteiger partial charge in [-0.2, -0.15) is 4.89 Å². The van der Waals surface area contributed by atoms with Crippen molar-refractivity contribution < 1.29 is 14.6 Å². The predicted octanol–water partition coefficient (Wildman–Crippen LogP) is 3.59. The van der Waals surface area contributed by atoms with E-state index in [4.69, 9.17) is 4.89 Å². The molecule has 0 N–H and O–H groups in total. The van der Waals surface area contributed by atoms with E-state index >= 15 is 0 Å². The summed E-state index contributed by atoms with van der Waals surface area (Å²) in [5.41, 5.74) is 4.89. The number of hydrogen-bond donors (Lipinski definition) is 0. The molecule has 1 aliphatic rings. The minimum Gasteiger partial charge on any atom is -0.285 e. The zero-order valence-electron chi connectivity index (χ0n) is 11.2. The van der Waals surface area contributed by atoms with Crippen molar-refractivity contribution in [3.63, 3.8) is 0 Å². The largest absolute Gasteiger partial charge is 0.453 e. The highest BCUT2D eigenvalue weighted by Gasteiger charge is 2.34. The Balaban J connectivity index is 2.08. The Hall–Kier alpha value is -2.13. The van der Waals surface area contributed by atoms with Crippen LogP contribution in [0.1, 0.15) is 30.4 Å². The summed E-state index contributed by atoms with van der Waals surface area (Å²) in [7, 11) is 0. The maximum atomic E-state index is 10.3. The second-order valence-electron chi connectivity index (χ2n) is 4.86. The van der Waals surface area contributed by atoms with Crippen LogP contribution in [0.5, 0.6) is 0 Å². The van der Waals surface area contributed by atoms with Gasteiger partial charge >= 0.3 is 6.47 Å². The van der Waals surface area contributed by atoms with Crippen LogP contribution in [0.25, 0.3) is 11.1 Å². The molecule has 0 aliphatic heterocycles. The van der Waals surface area contributed by atoms with Crippen molar-refractivity contribution in [3.8, 4) is 11.1 Å². The molecule has 0 amide bonds. The van der Waals surface area contributed by atoms with Crippen molar-refractivity contribution in [2.75, 3.05) is 0 Å². The zero-order chi connectivity index (χ0) is 13.9. The van der Waals surface area contributed by atoms with Gasteiger partial charge in [0, 0.05) is 5.92 Å². The fourth-order valence-corrected chi connectivity index (χ4v) is 3.04. The Kier molecular flexibility index (Phi) is 3.52. The molecule has 0 bridgehead atoms. The fourth-order valence-electron chi connectivity index (χ4n) is 3.04. The predicted molar refractivity (Wildman–Crippen MR) is 75.7 cm³/mol. The Labute approximate surface area is 118 Å². The first-order chi connectivity index (χ1) is 9.86. The number of rotatable bonds is 5. The minimum atomic E-state index is -0.207. The molecule has 0 heterocycles. The van der Waals surface area contributed by atoms with Crippen LogP contribution in [-0.2, 0) is 14.6 Å². The maximum absolute atomic E-state index is 10.3. The van der Waals surface area contributed by atoms with E-state index in [0.717, 1.165) is 6.42 Å². The van der Waals surface area contributed by atoms with Crippen LogP contribution in [0.2, 0.25) is 0 Å². The highest BCUT2D eigenvalue weighted by molar-refractivity contribution is 5.79. The number of fused-ring (bicyclic) bond motifs is 3. The number of benzene rings is 2. The summed E-state index contributed by atoms with van der Waals surface area (Å²) in [5, 5.41) is 0. The van der Waals surface area contributed by atoms with E-state index in [-0.39, 0.29) is 12.0 Å². The lowest BCUT2D eigenvalue weighted by atomic mass is 9.90. The molecule has 3 rings (SSSR count). The van der Waals surface area contributed by atoms with Crippen LogP contribution in [0.3, 0.4) is 0 Å². The maximum Gasteiger partial charge on any atom is 0.453 e. The van der Waals surface area contributed by atoms with E-state index in [1.165, 1.54) is 28.7 Å². The second kappa shape index (κ2) is 5.47. The lowest BCUT2D eigenvalue weighted by Crippen LogP contribution is -2.21. The van der Waals surface area contributed by atoms with Crippen LogP contribution in [0, 0.1) is 0 Å². The lowest BCUT2D eigenvalue weighted by Gasteiger charge is -2.21. The van der Waals surface area contributed by atoms with Gasteiger partial charge in [-0.05, 0) is 28.7 Å². The molecule has 1 unspecified atom stereocenters. The van der Waals surface area contributed by atoms with Crippen molar-refractivity contribution >= 4 is 6.47 Å². The van der Waals surface area contributed by atoms with Crippen molar-refractivity contribution in [3.05, 3.63) is 59.7 Å². The third kappa shape index (κ3) is 2.00. The fraction of sp³-hybridized carbons (Fsp3) is 0.235. The Bertz CT molecular complexity index is 576. The van der Waals surface area contributed by atoms with Crippen LogP contribution in [-0.4, -0.2) is 12.6 Å². The Morgan fingerprint density at radius 1 is 1.05 bits per heavy atom. The molecular weight excluding hydrogens is 252 g/mol. The molecule has 1 radical (unpaired) electrons. The molecule has 1 atom stereocenters. The quantitative estimate of drug-likeness (QED) is 0.613. The van der Waals surface area contributed by atoms with Crippen LogP contribution in [0.4, 0.5) is 0 Å². The van der Waals surface area contributed by atoms with Gasteiger partial charge in [-0.15, -0.1) is 0 Å². The van der Waals surface area contributed by atoms with E-state index in [1.807, 2.05) is 31.2 Å². The van der Waals surface area contributed by atoms with Gasteiger partial charge in [-0.3, -0.25) is 4.89 Å². The molecule has 101 valence electrons. The van der Waals surface area contributed by atoms with Crippen LogP contribution in [0.15, 0.2) is 48.5 Å². The van der Waals surface area contributed by atoms with Gasteiger partial charge in [-0.1, -0.05) is 55.5 Å². The lowest BCUT2D eigenvalue weighted by molar-refractivity contribution is -0.262. The zero-order valence-corrected chi connectivity index (χ0v) is 11.2. The van der Waals surface area contributed by atoms with Gasteiger partial charge < -0.3 is 0 Å². The summed E-state index contributed by atoms with van der Waals surface area (Å²) in [6.07, 6.45) is 0.538. The molecule has 0 fully saturated rings. The van der Waals surface area contributed by atoms with E-state index in [0.29, 0.717) is 0 Å². The number of hydrogen-bond acceptors (Lipinski definition) is 3. The second-order valence-corrected chi connectivity index (χ2v) is 4.86. The van der Waals surface area contributed by atoms with Crippen molar-refractivity contribution in [1.29, 1.82) is 0 Å². The molecule has 2 aromatic rings. The first-order valence-electron chi connectivity index (χ1n) is 6.74. The molecule has 0 spiro atoms. The summed E-state index contributed by atoms with van der Waals surface area (Å²) >= 11 is 0. The first-order valence-corrected chi connectivity index (χ1v) is 6.74. The number of carbonyl (C=O) groups excluding carboxylic acids is 1. The van der Waals surface area contributed by atoms with Crippen molar-refractivity contribution in [2.45, 2.75) is 25.4 Å². The highest BCUT2D eigenvalue weighted by atomic mass is 17.2. The molecule has 2 aromatic carbocycles. The Morgan fingerprint density at radius 2 is 1.60 bits per heavy atom. The van der Waals surface area contributed by atoms with Gasteiger partial charge in [0.2, 0.25) is 0 Å². The standard InChI is InChI=1S/C17H15O3/c1-2-16(20-19-11-18)17-14-9-5-3-7-12(14)13-8-4-6-10-15(13)17/h3-10,16-17H,2H2,1H3. The summed E-state index contributed by atoms with van der Waals surface area (Å²) in [4.78, 5) is 19.9. The molecule has 3 nitrogen and oxygen atoms in total. The van der Waals surface area contributed by atoms with E-state index < -0.39 is 0 Å². The van der Waals surface area contributed by atoms with Gasteiger partial charge in [0.25, 0.3) is 0 Å². The van der Waals surface area contributed by atoms with Crippen LogP contribution >= 0.6 is 0 Å².